The molecule has 4 aromatic heterocycles. The zero-order chi connectivity index (χ0) is 31.5. The van der Waals surface area contributed by atoms with Crippen LogP contribution in [0.3, 0.4) is 0 Å². The number of alkyl halides is 5. The van der Waals surface area contributed by atoms with Crippen molar-refractivity contribution < 1.29 is 30.4 Å². The van der Waals surface area contributed by atoms with E-state index in [2.05, 4.69) is 31.2 Å². The molecule has 11 nitrogen and oxygen atoms in total. The lowest BCUT2D eigenvalue weighted by Gasteiger charge is -2.17. The summed E-state index contributed by atoms with van der Waals surface area (Å²) in [7, 11) is -2.70. The molecule has 5 rings (SSSR count). The Bertz CT molecular complexity index is 2130. The van der Waals surface area contributed by atoms with Crippen LogP contribution in [-0.2, 0) is 22.8 Å². The molecule has 0 N–H and O–H groups in total. The third kappa shape index (κ3) is 4.91. The van der Waals surface area contributed by atoms with E-state index in [1.807, 2.05) is 0 Å². The van der Waals surface area contributed by atoms with Crippen molar-refractivity contribution in [3.05, 3.63) is 69.5 Å². The number of nitrogens with zero attached hydrogens (tertiary/aromatic N) is 8. The molecule has 0 aliphatic rings. The number of sulfone groups is 1. The molecule has 4 heterocycles. The number of rotatable bonds is 6. The van der Waals surface area contributed by atoms with Gasteiger partial charge >= 0.3 is 17.8 Å². The number of terminal acetylenes is 1. The Morgan fingerprint density at radius 1 is 1.05 bits per heavy atom. The molecule has 222 valence electrons. The largest absolute Gasteiger partial charge is 0.459 e. The highest BCUT2D eigenvalue weighted by atomic mass is 35.5. The minimum atomic E-state index is -5.95. The van der Waals surface area contributed by atoms with E-state index >= 15 is 0 Å². The van der Waals surface area contributed by atoms with Crippen molar-refractivity contribution in [3.63, 3.8) is 0 Å². The number of aryl methyl sites for hydroxylation is 1. The topological polar surface area (TPSA) is 130 Å². The maximum Gasteiger partial charge on any atom is 0.459 e. The van der Waals surface area contributed by atoms with E-state index in [0.717, 1.165) is 26.2 Å². The summed E-state index contributed by atoms with van der Waals surface area (Å²) in [6.45, 7) is 1.36. The van der Waals surface area contributed by atoms with Gasteiger partial charge in [-0.3, -0.25) is 0 Å². The smallest absolute Gasteiger partial charge is 0.309 e. The van der Waals surface area contributed by atoms with Crippen LogP contribution in [0.1, 0.15) is 18.2 Å². The number of benzene rings is 1. The Hall–Kier alpha value is -4.69. The summed E-state index contributed by atoms with van der Waals surface area (Å²) in [4.78, 5) is 21.3. The minimum Gasteiger partial charge on any atom is -0.309 e. The van der Waals surface area contributed by atoms with E-state index in [1.165, 1.54) is 38.2 Å². The highest BCUT2D eigenvalue weighted by molar-refractivity contribution is 7.91. The first-order valence-corrected chi connectivity index (χ1v) is 14.0. The van der Waals surface area contributed by atoms with Gasteiger partial charge in [-0.05, 0) is 36.4 Å². The Balaban J connectivity index is 1.70. The Kier molecular flexibility index (Phi) is 7.09. The van der Waals surface area contributed by atoms with Gasteiger partial charge in [-0.2, -0.15) is 31.7 Å². The number of fused-ring (bicyclic) bond motifs is 1. The van der Waals surface area contributed by atoms with Gasteiger partial charge in [-0.1, -0.05) is 24.4 Å². The average Bonchev–Trinajstić information content (AvgIpc) is 3.51. The molecule has 5 aromatic rings. The summed E-state index contributed by atoms with van der Waals surface area (Å²) >= 11 is 6.04. The third-order valence-corrected chi connectivity index (χ3v) is 8.42. The zero-order valence-corrected chi connectivity index (χ0v) is 23.4. The van der Waals surface area contributed by atoms with Crippen molar-refractivity contribution in [2.24, 2.45) is 7.05 Å². The lowest BCUT2D eigenvalue weighted by Crippen LogP contribution is -2.34. The Labute approximate surface area is 243 Å². The Morgan fingerprint density at radius 3 is 2.42 bits per heavy atom. The second-order valence-corrected chi connectivity index (χ2v) is 11.6. The van der Waals surface area contributed by atoms with Crippen LogP contribution in [0.4, 0.5) is 22.0 Å². The van der Waals surface area contributed by atoms with Gasteiger partial charge in [0.2, 0.25) is 0 Å². The predicted octanol–water partition coefficient (Wildman–Crippen LogP) is 3.84. The molecule has 0 atom stereocenters. The fraction of sp³-hybridized carbons (Fsp3) is 0.200. The summed E-state index contributed by atoms with van der Waals surface area (Å²) in [5.41, 5.74) is -2.82. The lowest BCUT2D eigenvalue weighted by molar-refractivity contribution is -0.291. The molecule has 43 heavy (non-hydrogen) atoms. The van der Waals surface area contributed by atoms with E-state index in [0.29, 0.717) is 17.3 Å². The number of aromatic nitrogens is 8. The quantitative estimate of drug-likeness (QED) is 0.203. The van der Waals surface area contributed by atoms with Gasteiger partial charge in [-0.15, -0.1) is 16.6 Å². The van der Waals surface area contributed by atoms with Crippen molar-refractivity contribution >= 4 is 32.6 Å². The molecule has 0 aliphatic heterocycles. The van der Waals surface area contributed by atoms with Crippen LogP contribution in [0.15, 0.2) is 52.4 Å². The molecule has 0 radical (unpaired) electrons. The SMILES string of the molecule is C#Cc1cc(-n2cnn(-c3ccc(S(=O)(=O)CC)c(-c4nc5cc(C(F)(F)C(F)(F)F)nnc5n4C)n3)c2=O)ccc1Cl. The lowest BCUT2D eigenvalue weighted by atomic mass is 10.2. The van der Waals surface area contributed by atoms with Crippen LogP contribution < -0.4 is 5.69 Å². The van der Waals surface area contributed by atoms with Crippen LogP contribution >= 0.6 is 11.6 Å². The summed E-state index contributed by atoms with van der Waals surface area (Å²) in [6.07, 6.45) is 0.664. The van der Waals surface area contributed by atoms with Crippen molar-refractivity contribution in [3.8, 4) is 35.4 Å². The highest BCUT2D eigenvalue weighted by Crippen LogP contribution is 2.43. The molecule has 0 saturated carbocycles. The fourth-order valence-electron chi connectivity index (χ4n) is 4.03. The predicted molar refractivity (Wildman–Crippen MR) is 143 cm³/mol. The molecule has 1 aromatic carbocycles. The molecule has 0 aliphatic carbocycles. The van der Waals surface area contributed by atoms with Gasteiger partial charge in [0.05, 0.1) is 21.4 Å². The number of halogens is 6. The first-order valence-electron chi connectivity index (χ1n) is 11.9. The van der Waals surface area contributed by atoms with Crippen LogP contribution in [0.2, 0.25) is 5.02 Å². The van der Waals surface area contributed by atoms with Gasteiger partial charge in [0.15, 0.2) is 27.1 Å². The fourth-order valence-corrected chi connectivity index (χ4v) is 5.22. The minimum absolute atomic E-state index is 0.164. The molecule has 0 amide bonds. The number of imidazole rings is 1. The molecule has 0 unspecified atom stereocenters. The molecule has 18 heteroatoms. The van der Waals surface area contributed by atoms with Gasteiger partial charge in [-0.25, -0.2) is 27.7 Å². The van der Waals surface area contributed by atoms with Crippen molar-refractivity contribution in [1.29, 1.82) is 0 Å². The average molecular weight is 639 g/mol. The molecule has 0 fully saturated rings. The van der Waals surface area contributed by atoms with E-state index < -0.39 is 38.8 Å². The number of hydrogen-bond acceptors (Lipinski definition) is 8. The van der Waals surface area contributed by atoms with Gasteiger partial charge in [0, 0.05) is 12.6 Å². The van der Waals surface area contributed by atoms with Crippen molar-refractivity contribution in [2.45, 2.75) is 23.9 Å². The van der Waals surface area contributed by atoms with Crippen LogP contribution in [-0.4, -0.2) is 59.4 Å². The third-order valence-electron chi connectivity index (χ3n) is 6.34. The van der Waals surface area contributed by atoms with E-state index in [4.69, 9.17) is 18.0 Å². The second kappa shape index (κ2) is 10.2. The van der Waals surface area contributed by atoms with Crippen molar-refractivity contribution in [1.82, 2.24) is 39.1 Å². The summed E-state index contributed by atoms with van der Waals surface area (Å²) in [5.74, 6) is -3.75. The Morgan fingerprint density at radius 2 is 1.77 bits per heavy atom. The van der Waals surface area contributed by atoms with Gasteiger partial charge < -0.3 is 4.57 Å². The van der Waals surface area contributed by atoms with Crippen molar-refractivity contribution in [2.75, 3.05) is 5.75 Å². The maximum atomic E-state index is 13.9. The first kappa shape index (κ1) is 29.8. The maximum absolute atomic E-state index is 13.9. The van der Waals surface area contributed by atoms with E-state index in [9.17, 15) is 35.2 Å². The highest BCUT2D eigenvalue weighted by Gasteiger charge is 2.60. The van der Waals surface area contributed by atoms with Gasteiger partial charge in [0.1, 0.15) is 23.2 Å². The monoisotopic (exact) mass is 638 g/mol. The molecule has 0 saturated heterocycles. The molecule has 0 spiro atoms. The van der Waals surface area contributed by atoms with Crippen LogP contribution in [0, 0.1) is 12.3 Å². The molecule has 0 bridgehead atoms. The zero-order valence-electron chi connectivity index (χ0n) is 21.8. The van der Waals surface area contributed by atoms with Crippen LogP contribution in [0.25, 0.3) is 34.2 Å². The normalized spacial score (nSPS) is 12.5. The van der Waals surface area contributed by atoms with E-state index in [-0.39, 0.29) is 38.7 Å². The number of hydrogen-bond donors (Lipinski definition) is 0. The summed E-state index contributed by atoms with van der Waals surface area (Å²) < 4.78 is 95.7. The van der Waals surface area contributed by atoms with E-state index in [1.54, 1.807) is 0 Å². The molecular weight excluding hydrogens is 623 g/mol. The van der Waals surface area contributed by atoms with Gasteiger partial charge in [0.25, 0.3) is 0 Å². The summed E-state index contributed by atoms with van der Waals surface area (Å²) in [6, 6.07) is 7.24. The summed E-state index contributed by atoms with van der Waals surface area (Å²) in [5, 5.41) is 10.8. The first-order chi connectivity index (χ1) is 20.1. The van der Waals surface area contributed by atoms with Crippen LogP contribution in [0.5, 0.6) is 0 Å². The molecular formula is C25H16ClF5N8O3S. The number of pyridine rings is 1. The standard InChI is InChI=1S/C25H16ClF5N8O3S/c1-4-13-10-14(6-7-15(13)26)38-12-32-39(23(38)40)19-9-8-17(43(41,42)5-2)20(34-19)22-33-16-11-18(24(27,28)25(29,30)31)35-36-21(16)37(22)3/h1,6-12H,5H2,2-3H3. The second-order valence-electron chi connectivity index (χ2n) is 8.93.